The average molecular weight is 231 g/mol. The van der Waals surface area contributed by atoms with Crippen molar-refractivity contribution in [3.05, 3.63) is 29.3 Å². The molecule has 0 aromatic heterocycles. The third kappa shape index (κ3) is 2.48. The Morgan fingerprint density at radius 3 is 3.00 bits per heavy atom. The fourth-order valence-corrected chi connectivity index (χ4v) is 1.75. The van der Waals surface area contributed by atoms with Crippen LogP contribution in [0.25, 0.3) is 0 Å². The molecule has 0 unspecified atom stereocenters. The fraction of sp³-hybridized carbons (Fsp3) is 0.333. The summed E-state index contributed by atoms with van der Waals surface area (Å²) in [5.41, 5.74) is 7.59. The number of anilines is 1. The number of nitrogens with two attached hydrogens (primary N) is 1. The second kappa shape index (κ2) is 4.74. The smallest absolute Gasteiger partial charge is 0.409 e. The highest BCUT2D eigenvalue weighted by molar-refractivity contribution is 5.69. The van der Waals surface area contributed by atoms with Crippen molar-refractivity contribution in [2.24, 2.45) is 0 Å². The predicted octanol–water partition coefficient (Wildman–Crippen LogP) is 1.14. The monoisotopic (exact) mass is 231 g/mol. The van der Waals surface area contributed by atoms with E-state index >= 15 is 0 Å². The summed E-state index contributed by atoms with van der Waals surface area (Å²) in [5, 5.41) is 8.85. The molecule has 1 aromatic rings. The number of carbonyl (C=O) groups is 1. The maximum absolute atomic E-state index is 11.2. The van der Waals surface area contributed by atoms with Crippen molar-refractivity contribution in [1.82, 2.24) is 4.90 Å². The summed E-state index contributed by atoms with van der Waals surface area (Å²) in [6.45, 7) is 1.70. The number of carbonyl (C=O) groups excluding carboxylic acids is 1. The number of ether oxygens (including phenoxy) is 1. The molecule has 1 aliphatic rings. The number of hydrogen-bond donors (Lipinski definition) is 1. The van der Waals surface area contributed by atoms with Gasteiger partial charge in [-0.15, -0.1) is 0 Å². The first-order valence-electron chi connectivity index (χ1n) is 5.41. The lowest BCUT2D eigenvalue weighted by Crippen LogP contribution is -2.26. The van der Waals surface area contributed by atoms with E-state index in [0.29, 0.717) is 37.4 Å². The molecule has 2 rings (SSSR count). The number of cyclic esters (lactones) is 1. The summed E-state index contributed by atoms with van der Waals surface area (Å²) in [7, 11) is 0. The number of amides is 1. The number of benzene rings is 1. The Morgan fingerprint density at radius 1 is 1.53 bits per heavy atom. The molecule has 1 heterocycles. The van der Waals surface area contributed by atoms with E-state index in [-0.39, 0.29) is 6.09 Å². The van der Waals surface area contributed by atoms with E-state index in [1.165, 1.54) is 0 Å². The van der Waals surface area contributed by atoms with Crippen molar-refractivity contribution in [2.45, 2.75) is 6.42 Å². The lowest BCUT2D eigenvalue weighted by Gasteiger charge is -2.12. The van der Waals surface area contributed by atoms with Crippen LogP contribution in [-0.2, 0) is 11.2 Å². The van der Waals surface area contributed by atoms with Crippen LogP contribution in [0, 0.1) is 11.3 Å². The van der Waals surface area contributed by atoms with Crippen LogP contribution in [0.1, 0.15) is 11.1 Å². The van der Waals surface area contributed by atoms with Gasteiger partial charge in [-0.05, 0) is 24.1 Å². The van der Waals surface area contributed by atoms with E-state index in [1.807, 2.05) is 12.1 Å². The minimum absolute atomic E-state index is 0.263. The van der Waals surface area contributed by atoms with Gasteiger partial charge >= 0.3 is 6.09 Å². The van der Waals surface area contributed by atoms with Crippen LogP contribution in [0.2, 0.25) is 0 Å². The van der Waals surface area contributed by atoms with E-state index in [1.54, 1.807) is 17.0 Å². The largest absolute Gasteiger partial charge is 0.448 e. The Bertz CT molecular complexity index is 479. The Hall–Kier alpha value is -2.22. The molecule has 0 radical (unpaired) electrons. The molecule has 0 spiro atoms. The molecule has 0 bridgehead atoms. The van der Waals surface area contributed by atoms with Crippen molar-refractivity contribution in [2.75, 3.05) is 25.4 Å². The van der Waals surface area contributed by atoms with Crippen LogP contribution in [0.3, 0.4) is 0 Å². The molecule has 1 saturated heterocycles. The van der Waals surface area contributed by atoms with Crippen LogP contribution < -0.4 is 5.73 Å². The molecule has 88 valence electrons. The van der Waals surface area contributed by atoms with Crippen molar-refractivity contribution in [1.29, 1.82) is 5.26 Å². The molecule has 1 aliphatic heterocycles. The van der Waals surface area contributed by atoms with Gasteiger partial charge in [0.25, 0.3) is 0 Å². The molecule has 5 heteroatoms. The highest BCUT2D eigenvalue weighted by atomic mass is 16.6. The highest BCUT2D eigenvalue weighted by Crippen LogP contribution is 2.14. The van der Waals surface area contributed by atoms with Gasteiger partial charge in [0.1, 0.15) is 12.7 Å². The first kappa shape index (κ1) is 11.3. The van der Waals surface area contributed by atoms with Gasteiger partial charge in [-0.25, -0.2) is 4.79 Å². The van der Waals surface area contributed by atoms with Crippen LogP contribution in [0.5, 0.6) is 0 Å². The van der Waals surface area contributed by atoms with Gasteiger partial charge in [-0.3, -0.25) is 0 Å². The van der Waals surface area contributed by atoms with Crippen LogP contribution in [0.15, 0.2) is 18.2 Å². The van der Waals surface area contributed by atoms with E-state index in [9.17, 15) is 4.79 Å². The van der Waals surface area contributed by atoms with Gasteiger partial charge in [-0.1, -0.05) is 6.07 Å². The number of nitriles is 1. The van der Waals surface area contributed by atoms with E-state index < -0.39 is 0 Å². The van der Waals surface area contributed by atoms with Gasteiger partial charge in [0.2, 0.25) is 0 Å². The maximum atomic E-state index is 11.2. The van der Waals surface area contributed by atoms with E-state index in [2.05, 4.69) is 0 Å². The number of nitrogen functional groups attached to an aromatic ring is 1. The summed E-state index contributed by atoms with van der Waals surface area (Å²) in [4.78, 5) is 12.9. The van der Waals surface area contributed by atoms with Gasteiger partial charge < -0.3 is 15.4 Å². The third-order valence-corrected chi connectivity index (χ3v) is 2.75. The number of nitrogens with zero attached hydrogens (tertiary/aromatic N) is 2. The standard InChI is InChI=1S/C12H13N3O2/c13-8-10-7-9(1-2-11(10)14)3-4-15-5-6-17-12(15)16/h1-2,7H,3-6,14H2. The molecular formula is C12H13N3O2. The van der Waals surface area contributed by atoms with Gasteiger partial charge in [0.15, 0.2) is 0 Å². The van der Waals surface area contributed by atoms with Crippen LogP contribution >= 0.6 is 0 Å². The van der Waals surface area contributed by atoms with Crippen molar-refractivity contribution < 1.29 is 9.53 Å². The Balaban J connectivity index is 2.00. The maximum Gasteiger partial charge on any atom is 0.409 e. The summed E-state index contributed by atoms with van der Waals surface area (Å²) >= 11 is 0. The second-order valence-electron chi connectivity index (χ2n) is 3.88. The van der Waals surface area contributed by atoms with Gasteiger partial charge in [0, 0.05) is 12.2 Å². The summed E-state index contributed by atoms with van der Waals surface area (Å²) < 4.78 is 4.83. The molecule has 0 atom stereocenters. The first-order chi connectivity index (χ1) is 8.20. The SMILES string of the molecule is N#Cc1cc(CCN2CCOC2=O)ccc1N. The molecule has 0 aliphatic carbocycles. The quantitative estimate of drug-likeness (QED) is 0.791. The summed E-state index contributed by atoms with van der Waals surface area (Å²) in [6, 6.07) is 7.39. The van der Waals surface area contributed by atoms with Crippen LogP contribution in [-0.4, -0.2) is 30.7 Å². The van der Waals surface area contributed by atoms with E-state index in [0.717, 1.165) is 5.56 Å². The van der Waals surface area contributed by atoms with Crippen molar-refractivity contribution >= 4 is 11.8 Å². The Labute approximate surface area is 99.4 Å². The molecular weight excluding hydrogens is 218 g/mol. The van der Waals surface area contributed by atoms with Gasteiger partial charge in [-0.2, -0.15) is 5.26 Å². The molecule has 5 nitrogen and oxygen atoms in total. The van der Waals surface area contributed by atoms with Crippen molar-refractivity contribution in [3.8, 4) is 6.07 Å². The molecule has 1 amide bonds. The molecule has 17 heavy (non-hydrogen) atoms. The zero-order chi connectivity index (χ0) is 12.3. The number of rotatable bonds is 3. The molecule has 1 aromatic carbocycles. The Kier molecular flexibility index (Phi) is 3.15. The van der Waals surface area contributed by atoms with Crippen molar-refractivity contribution in [3.63, 3.8) is 0 Å². The molecule has 0 saturated carbocycles. The zero-order valence-corrected chi connectivity index (χ0v) is 9.35. The Morgan fingerprint density at radius 2 is 2.35 bits per heavy atom. The van der Waals surface area contributed by atoms with E-state index in [4.69, 9.17) is 15.7 Å². The molecule has 1 fully saturated rings. The topological polar surface area (TPSA) is 79.4 Å². The lowest BCUT2D eigenvalue weighted by molar-refractivity contribution is 0.159. The minimum Gasteiger partial charge on any atom is -0.448 e. The zero-order valence-electron chi connectivity index (χ0n) is 9.35. The lowest BCUT2D eigenvalue weighted by atomic mass is 10.1. The third-order valence-electron chi connectivity index (χ3n) is 2.75. The predicted molar refractivity (Wildman–Crippen MR) is 62.2 cm³/mol. The van der Waals surface area contributed by atoms with Gasteiger partial charge in [0.05, 0.1) is 12.1 Å². The first-order valence-corrected chi connectivity index (χ1v) is 5.41. The minimum atomic E-state index is -0.263. The fourth-order valence-electron chi connectivity index (χ4n) is 1.75. The van der Waals surface area contributed by atoms with Crippen LogP contribution in [0.4, 0.5) is 10.5 Å². The highest BCUT2D eigenvalue weighted by Gasteiger charge is 2.21. The molecule has 2 N–H and O–H groups in total. The summed E-state index contributed by atoms with van der Waals surface area (Å²) in [5.74, 6) is 0. The summed E-state index contributed by atoms with van der Waals surface area (Å²) in [6.07, 6.45) is 0.435. The second-order valence-corrected chi connectivity index (χ2v) is 3.88. The number of hydrogen-bond acceptors (Lipinski definition) is 4. The normalized spacial score (nSPS) is 14.5. The average Bonchev–Trinajstić information content (AvgIpc) is 2.74.